The highest BCUT2D eigenvalue weighted by Gasteiger charge is 2.20. The molecule has 0 heterocycles. The molecule has 0 amide bonds. The second-order valence-electron chi connectivity index (χ2n) is 4.67. The van der Waals surface area contributed by atoms with Gasteiger partial charge in [-0.2, -0.15) is 0 Å². The third-order valence-electron chi connectivity index (χ3n) is 3.15. The van der Waals surface area contributed by atoms with Gasteiger partial charge in [-0.25, -0.2) is 13.1 Å². The molecule has 112 valence electrons. The fourth-order valence-electron chi connectivity index (χ4n) is 1.90. The molecule has 0 fully saturated rings. The topological polar surface area (TPSA) is 81.4 Å². The zero-order valence-electron chi connectivity index (χ0n) is 12.0. The number of benzene rings is 2. The third kappa shape index (κ3) is 3.53. The lowest BCUT2D eigenvalue weighted by Gasteiger charge is -2.13. The molecule has 21 heavy (non-hydrogen) atoms. The van der Waals surface area contributed by atoms with Crippen molar-refractivity contribution in [1.29, 1.82) is 0 Å². The number of anilines is 1. The van der Waals surface area contributed by atoms with Crippen molar-refractivity contribution in [2.45, 2.75) is 18.4 Å². The van der Waals surface area contributed by atoms with Crippen molar-refractivity contribution in [1.82, 2.24) is 4.72 Å². The average molecular weight is 306 g/mol. The second kappa shape index (κ2) is 6.15. The van der Waals surface area contributed by atoms with Gasteiger partial charge in [0.1, 0.15) is 10.6 Å². The van der Waals surface area contributed by atoms with E-state index < -0.39 is 10.0 Å². The summed E-state index contributed by atoms with van der Waals surface area (Å²) in [6.07, 6.45) is 0. The minimum Gasteiger partial charge on any atom is -0.495 e. The minimum absolute atomic E-state index is 0.0454. The fraction of sp³-hybridized carbons (Fsp3) is 0.200. The number of nitrogen functional groups attached to an aromatic ring is 1. The Morgan fingerprint density at radius 2 is 1.86 bits per heavy atom. The molecule has 6 heteroatoms. The number of sulfonamides is 1. The van der Waals surface area contributed by atoms with Crippen molar-refractivity contribution in [3.63, 3.8) is 0 Å². The van der Waals surface area contributed by atoms with Crippen LogP contribution < -0.4 is 15.2 Å². The highest BCUT2D eigenvalue weighted by molar-refractivity contribution is 7.89. The van der Waals surface area contributed by atoms with Crippen molar-refractivity contribution < 1.29 is 13.2 Å². The van der Waals surface area contributed by atoms with E-state index in [0.29, 0.717) is 5.69 Å². The van der Waals surface area contributed by atoms with Gasteiger partial charge in [-0.1, -0.05) is 30.3 Å². The van der Waals surface area contributed by atoms with Crippen molar-refractivity contribution in [2.75, 3.05) is 12.8 Å². The lowest BCUT2D eigenvalue weighted by Crippen LogP contribution is -2.24. The molecule has 0 saturated heterocycles. The maximum atomic E-state index is 12.4. The summed E-state index contributed by atoms with van der Waals surface area (Å²) in [7, 11) is -2.26. The first-order valence-electron chi connectivity index (χ1n) is 6.42. The first-order valence-corrected chi connectivity index (χ1v) is 7.90. The molecule has 0 unspecified atom stereocenters. The second-order valence-corrected chi connectivity index (χ2v) is 6.41. The Morgan fingerprint density at radius 3 is 2.48 bits per heavy atom. The fourth-order valence-corrected chi connectivity index (χ4v) is 3.10. The zero-order chi connectivity index (χ0) is 15.5. The molecule has 0 aliphatic rings. The molecule has 0 aromatic heterocycles. The zero-order valence-corrected chi connectivity index (χ0v) is 12.8. The summed E-state index contributed by atoms with van der Waals surface area (Å²) in [6.45, 7) is 2.01. The van der Waals surface area contributed by atoms with Crippen LogP contribution in [0.15, 0.2) is 47.4 Å². The van der Waals surface area contributed by atoms with E-state index in [4.69, 9.17) is 10.5 Å². The molecular weight excluding hydrogens is 288 g/mol. The van der Waals surface area contributed by atoms with E-state index >= 15 is 0 Å². The molecule has 2 aromatic carbocycles. The van der Waals surface area contributed by atoms with Crippen molar-refractivity contribution in [2.24, 2.45) is 0 Å². The molecule has 0 aliphatic heterocycles. The smallest absolute Gasteiger partial charge is 0.244 e. The van der Waals surface area contributed by atoms with Gasteiger partial charge in [-0.3, -0.25) is 0 Å². The lowest BCUT2D eigenvalue weighted by atomic mass is 10.2. The largest absolute Gasteiger partial charge is 0.495 e. The minimum atomic E-state index is -3.70. The number of ether oxygens (including phenoxy) is 1. The summed E-state index contributed by atoms with van der Waals surface area (Å²) in [6, 6.07) is 12.3. The summed E-state index contributed by atoms with van der Waals surface area (Å²) >= 11 is 0. The van der Waals surface area contributed by atoms with Gasteiger partial charge in [-0.15, -0.1) is 0 Å². The van der Waals surface area contributed by atoms with Gasteiger partial charge in [0.05, 0.1) is 7.11 Å². The predicted octanol–water partition coefficient (Wildman–Crippen LogP) is 2.06. The summed E-state index contributed by atoms with van der Waals surface area (Å²) < 4.78 is 32.5. The standard InChI is InChI=1S/C15H18N2O3S/c1-11-8-14(20-2)15(9-13(11)16)21(18,19)17-10-12-6-4-3-5-7-12/h3-9,17H,10,16H2,1-2H3. The first-order chi connectivity index (χ1) is 9.94. The van der Waals surface area contributed by atoms with Crippen LogP contribution >= 0.6 is 0 Å². The van der Waals surface area contributed by atoms with E-state index in [1.54, 1.807) is 13.0 Å². The first kappa shape index (κ1) is 15.3. The van der Waals surface area contributed by atoms with Gasteiger partial charge >= 0.3 is 0 Å². The summed E-state index contributed by atoms with van der Waals surface area (Å²) in [5, 5.41) is 0. The number of hydrogen-bond donors (Lipinski definition) is 2. The number of rotatable bonds is 5. The molecule has 0 radical (unpaired) electrons. The molecule has 2 rings (SSSR count). The SMILES string of the molecule is COc1cc(C)c(N)cc1S(=O)(=O)NCc1ccccc1. The van der Waals surface area contributed by atoms with Gasteiger partial charge in [0, 0.05) is 12.2 Å². The Balaban J connectivity index is 2.29. The summed E-state index contributed by atoms with van der Waals surface area (Å²) in [5.41, 5.74) is 7.86. The number of nitrogens with one attached hydrogen (secondary N) is 1. The van der Waals surface area contributed by atoms with E-state index in [9.17, 15) is 8.42 Å². The average Bonchev–Trinajstić information content (AvgIpc) is 2.48. The van der Waals surface area contributed by atoms with Crippen LogP contribution in [0.4, 0.5) is 5.69 Å². The quantitative estimate of drug-likeness (QED) is 0.829. The molecule has 0 saturated carbocycles. The van der Waals surface area contributed by atoms with Crippen molar-refractivity contribution >= 4 is 15.7 Å². The van der Waals surface area contributed by atoms with E-state index in [0.717, 1.165) is 11.1 Å². The Hall–Kier alpha value is -2.05. The summed E-state index contributed by atoms with van der Waals surface area (Å²) in [4.78, 5) is 0.0454. The van der Waals surface area contributed by atoms with Crippen LogP contribution in [-0.2, 0) is 16.6 Å². The maximum absolute atomic E-state index is 12.4. The molecular formula is C15H18N2O3S. The van der Waals surface area contributed by atoms with Crippen molar-refractivity contribution in [3.05, 3.63) is 53.6 Å². The monoisotopic (exact) mass is 306 g/mol. The van der Waals surface area contributed by atoms with Crippen LogP contribution in [0.2, 0.25) is 0 Å². The van der Waals surface area contributed by atoms with Crippen molar-refractivity contribution in [3.8, 4) is 5.75 Å². The molecule has 0 atom stereocenters. The number of hydrogen-bond acceptors (Lipinski definition) is 4. The Bertz CT molecular complexity index is 728. The van der Waals surface area contributed by atoms with Crippen LogP contribution in [-0.4, -0.2) is 15.5 Å². The van der Waals surface area contributed by atoms with E-state index in [1.807, 2.05) is 30.3 Å². The van der Waals surface area contributed by atoms with Crippen LogP contribution in [0.25, 0.3) is 0 Å². The molecule has 2 aromatic rings. The molecule has 0 bridgehead atoms. The lowest BCUT2D eigenvalue weighted by molar-refractivity contribution is 0.402. The number of nitrogens with two attached hydrogens (primary N) is 1. The van der Waals surface area contributed by atoms with Crippen LogP contribution in [0.5, 0.6) is 5.75 Å². The summed E-state index contributed by atoms with van der Waals surface area (Å²) in [5.74, 6) is 0.280. The van der Waals surface area contributed by atoms with Crippen LogP contribution in [0.1, 0.15) is 11.1 Å². The van der Waals surface area contributed by atoms with Gasteiger partial charge in [0.15, 0.2) is 0 Å². The molecule has 0 aliphatic carbocycles. The third-order valence-corrected chi connectivity index (χ3v) is 4.57. The van der Waals surface area contributed by atoms with E-state index in [-0.39, 0.29) is 17.2 Å². The molecule has 3 N–H and O–H groups in total. The highest BCUT2D eigenvalue weighted by Crippen LogP contribution is 2.28. The van der Waals surface area contributed by atoms with Crippen LogP contribution in [0, 0.1) is 6.92 Å². The van der Waals surface area contributed by atoms with Gasteiger partial charge in [0.2, 0.25) is 10.0 Å². The van der Waals surface area contributed by atoms with Crippen LogP contribution in [0.3, 0.4) is 0 Å². The molecule has 5 nitrogen and oxygen atoms in total. The molecule has 0 spiro atoms. The van der Waals surface area contributed by atoms with Gasteiger partial charge in [-0.05, 0) is 30.2 Å². The number of aryl methyl sites for hydroxylation is 1. The highest BCUT2D eigenvalue weighted by atomic mass is 32.2. The van der Waals surface area contributed by atoms with Gasteiger partial charge < -0.3 is 10.5 Å². The number of methoxy groups -OCH3 is 1. The Kier molecular flexibility index (Phi) is 4.50. The maximum Gasteiger partial charge on any atom is 0.244 e. The Morgan fingerprint density at radius 1 is 1.19 bits per heavy atom. The van der Waals surface area contributed by atoms with E-state index in [2.05, 4.69) is 4.72 Å². The Labute approximate surface area is 124 Å². The van der Waals surface area contributed by atoms with Gasteiger partial charge in [0.25, 0.3) is 0 Å². The predicted molar refractivity (Wildman–Crippen MR) is 82.6 cm³/mol. The normalized spacial score (nSPS) is 11.3. The van der Waals surface area contributed by atoms with E-state index in [1.165, 1.54) is 13.2 Å².